The summed E-state index contributed by atoms with van der Waals surface area (Å²) in [5.74, 6) is 0. The Morgan fingerprint density at radius 1 is 0.318 bits per heavy atom. The Morgan fingerprint density at radius 2 is 0.705 bits per heavy atom. The van der Waals surface area contributed by atoms with Gasteiger partial charge in [-0.25, -0.2) is 0 Å². The Hall–Kier alpha value is -5.34. The van der Waals surface area contributed by atoms with Crippen LogP contribution < -0.4 is 9.80 Å². The molecule has 6 rings (SSSR count). The highest BCUT2D eigenvalue weighted by atomic mass is 15.1. The first-order valence-electron chi connectivity index (χ1n) is 15.2. The number of hydrogen-bond acceptors (Lipinski definition) is 2. The van der Waals surface area contributed by atoms with Crippen LogP contribution in [-0.2, 0) is 0 Å². The molecule has 0 aliphatic carbocycles. The zero-order valence-corrected chi connectivity index (χ0v) is 25.9. The van der Waals surface area contributed by atoms with E-state index in [1.807, 2.05) is 0 Å². The third kappa shape index (κ3) is 6.66. The summed E-state index contributed by atoms with van der Waals surface area (Å²) in [6, 6.07) is 52.2. The van der Waals surface area contributed by atoms with E-state index in [0.717, 1.165) is 39.6 Å². The molecule has 0 amide bonds. The molecule has 2 nitrogen and oxygen atoms in total. The first kappa shape index (κ1) is 28.8. The van der Waals surface area contributed by atoms with Crippen molar-refractivity contribution in [3.05, 3.63) is 179 Å². The van der Waals surface area contributed by atoms with Crippen LogP contribution in [0.15, 0.2) is 146 Å². The summed E-state index contributed by atoms with van der Waals surface area (Å²) in [5.41, 5.74) is 14.2. The van der Waals surface area contributed by atoms with Crippen LogP contribution in [0.1, 0.15) is 33.4 Å². The van der Waals surface area contributed by atoms with E-state index in [9.17, 15) is 0 Å². The predicted octanol–water partition coefficient (Wildman–Crippen LogP) is 12.0. The van der Waals surface area contributed by atoms with E-state index in [1.165, 1.54) is 27.9 Å². The van der Waals surface area contributed by atoms with Crippen LogP contribution in [0.25, 0.3) is 12.2 Å². The van der Waals surface area contributed by atoms with Crippen molar-refractivity contribution in [2.75, 3.05) is 9.80 Å². The number of para-hydroxylation sites is 1. The van der Waals surface area contributed by atoms with Crippen LogP contribution in [0.4, 0.5) is 34.1 Å². The van der Waals surface area contributed by atoms with Crippen LogP contribution >= 0.6 is 0 Å². The maximum absolute atomic E-state index is 2.32. The lowest BCUT2D eigenvalue weighted by Gasteiger charge is -2.26. The quantitative estimate of drug-likeness (QED) is 0.168. The van der Waals surface area contributed by atoms with Gasteiger partial charge in [0.25, 0.3) is 0 Å². The lowest BCUT2D eigenvalue weighted by Crippen LogP contribution is -2.10. The lowest BCUT2D eigenvalue weighted by molar-refractivity contribution is 1.25. The zero-order valence-electron chi connectivity index (χ0n) is 25.9. The largest absolute Gasteiger partial charge is 0.310 e. The van der Waals surface area contributed by atoms with Gasteiger partial charge in [0, 0.05) is 34.1 Å². The van der Waals surface area contributed by atoms with Gasteiger partial charge in [-0.3, -0.25) is 0 Å². The Bertz CT molecular complexity index is 1770. The van der Waals surface area contributed by atoms with E-state index >= 15 is 0 Å². The molecule has 0 saturated heterocycles. The van der Waals surface area contributed by atoms with Crippen molar-refractivity contribution < 1.29 is 0 Å². The van der Waals surface area contributed by atoms with Crippen molar-refractivity contribution in [1.29, 1.82) is 0 Å². The van der Waals surface area contributed by atoms with Crippen molar-refractivity contribution in [3.8, 4) is 0 Å². The van der Waals surface area contributed by atoms with Gasteiger partial charge in [-0.2, -0.15) is 0 Å². The van der Waals surface area contributed by atoms with Gasteiger partial charge < -0.3 is 9.80 Å². The molecule has 2 heteroatoms. The van der Waals surface area contributed by atoms with Crippen molar-refractivity contribution in [2.24, 2.45) is 0 Å². The van der Waals surface area contributed by atoms with Crippen LogP contribution in [0, 0.1) is 27.7 Å². The maximum atomic E-state index is 2.32. The fourth-order valence-electron chi connectivity index (χ4n) is 5.75. The topological polar surface area (TPSA) is 6.48 Å². The van der Waals surface area contributed by atoms with Gasteiger partial charge in [-0.15, -0.1) is 0 Å². The minimum absolute atomic E-state index is 1.13. The zero-order chi connectivity index (χ0) is 30.5. The van der Waals surface area contributed by atoms with Gasteiger partial charge in [0.2, 0.25) is 0 Å². The summed E-state index contributed by atoms with van der Waals surface area (Å²) in [6.07, 6.45) is 4.36. The smallest absolute Gasteiger partial charge is 0.0466 e. The molecule has 0 unspecified atom stereocenters. The Balaban J connectivity index is 1.25. The molecule has 0 aliphatic rings. The average molecular weight is 571 g/mol. The molecule has 6 aromatic rings. The van der Waals surface area contributed by atoms with E-state index in [4.69, 9.17) is 0 Å². The van der Waals surface area contributed by atoms with E-state index in [-0.39, 0.29) is 0 Å². The van der Waals surface area contributed by atoms with E-state index < -0.39 is 0 Å². The second-order valence-electron chi connectivity index (χ2n) is 11.5. The third-order valence-corrected chi connectivity index (χ3v) is 7.77. The fourth-order valence-corrected chi connectivity index (χ4v) is 5.75. The second-order valence-corrected chi connectivity index (χ2v) is 11.5. The van der Waals surface area contributed by atoms with Crippen molar-refractivity contribution in [1.82, 2.24) is 0 Å². The first-order chi connectivity index (χ1) is 21.4. The molecule has 0 radical (unpaired) electrons. The van der Waals surface area contributed by atoms with Crippen LogP contribution in [0.3, 0.4) is 0 Å². The highest BCUT2D eigenvalue weighted by Crippen LogP contribution is 2.37. The Labute approximate surface area is 262 Å². The predicted molar refractivity (Wildman–Crippen MR) is 190 cm³/mol. The summed E-state index contributed by atoms with van der Waals surface area (Å²) in [4.78, 5) is 4.64. The molecular weight excluding hydrogens is 532 g/mol. The minimum Gasteiger partial charge on any atom is -0.310 e. The Morgan fingerprint density at radius 3 is 1.16 bits per heavy atom. The molecule has 44 heavy (non-hydrogen) atoms. The Kier molecular flexibility index (Phi) is 8.43. The molecule has 0 heterocycles. The van der Waals surface area contributed by atoms with Gasteiger partial charge in [-0.1, -0.05) is 84.9 Å². The van der Waals surface area contributed by atoms with E-state index in [1.54, 1.807) is 0 Å². The van der Waals surface area contributed by atoms with Gasteiger partial charge in [0.15, 0.2) is 0 Å². The summed E-state index contributed by atoms with van der Waals surface area (Å²) in [6.45, 7) is 8.59. The van der Waals surface area contributed by atoms with Crippen molar-refractivity contribution >= 4 is 46.3 Å². The monoisotopic (exact) mass is 570 g/mol. The number of rotatable bonds is 8. The highest BCUT2D eigenvalue weighted by molar-refractivity contribution is 5.80. The molecule has 0 spiro atoms. The third-order valence-electron chi connectivity index (χ3n) is 7.77. The maximum Gasteiger partial charge on any atom is 0.0466 e. The normalized spacial score (nSPS) is 11.1. The van der Waals surface area contributed by atoms with Gasteiger partial charge in [0.05, 0.1) is 0 Å². The van der Waals surface area contributed by atoms with Gasteiger partial charge >= 0.3 is 0 Å². The molecule has 6 aromatic carbocycles. The molecular formula is C42H38N2. The summed E-state index contributed by atoms with van der Waals surface area (Å²) >= 11 is 0. The number of hydrogen-bond donors (Lipinski definition) is 0. The molecule has 216 valence electrons. The van der Waals surface area contributed by atoms with Crippen LogP contribution in [0.2, 0.25) is 0 Å². The first-order valence-corrected chi connectivity index (χ1v) is 15.2. The standard InChI is InChI=1S/C42H38N2/c1-31-10-8-14-40(27-31)44(41-15-9-11-32(2)28-41)39-24-20-36(21-25-39)17-16-35-18-22-38(23-19-35)43(37-12-6-5-7-13-37)42-29-33(3)26-34(4)30-42/h5-30H,1-4H3/b17-16+. The summed E-state index contributed by atoms with van der Waals surface area (Å²) in [7, 11) is 0. The molecule has 0 aliphatic heterocycles. The van der Waals surface area contributed by atoms with Gasteiger partial charge in [0.1, 0.15) is 0 Å². The highest BCUT2D eigenvalue weighted by Gasteiger charge is 2.14. The SMILES string of the molecule is Cc1cccc(N(c2ccc(/C=C/c3ccc(N(c4ccccc4)c4cc(C)cc(C)c4)cc3)cc2)c2cccc(C)c2)c1. The molecule has 0 saturated carbocycles. The minimum atomic E-state index is 1.13. The number of aryl methyl sites for hydroxylation is 4. The number of nitrogens with zero attached hydrogens (tertiary/aromatic N) is 2. The molecule has 0 atom stereocenters. The average Bonchev–Trinajstić information content (AvgIpc) is 3.02. The van der Waals surface area contributed by atoms with E-state index in [2.05, 4.69) is 195 Å². The summed E-state index contributed by atoms with van der Waals surface area (Å²) < 4.78 is 0. The molecule has 0 fully saturated rings. The van der Waals surface area contributed by atoms with Crippen molar-refractivity contribution in [3.63, 3.8) is 0 Å². The van der Waals surface area contributed by atoms with Crippen molar-refractivity contribution in [2.45, 2.75) is 27.7 Å². The van der Waals surface area contributed by atoms with Crippen LogP contribution in [-0.4, -0.2) is 0 Å². The van der Waals surface area contributed by atoms with E-state index in [0.29, 0.717) is 0 Å². The second kappa shape index (κ2) is 12.9. The number of benzene rings is 6. The summed E-state index contributed by atoms with van der Waals surface area (Å²) in [5, 5.41) is 0. The lowest BCUT2D eigenvalue weighted by atomic mass is 10.1. The van der Waals surface area contributed by atoms with Crippen LogP contribution in [0.5, 0.6) is 0 Å². The fraction of sp³-hybridized carbons (Fsp3) is 0.0952. The molecule has 0 aromatic heterocycles. The molecule has 0 N–H and O–H groups in total. The number of anilines is 6. The van der Waals surface area contributed by atoms with Gasteiger partial charge in [-0.05, 0) is 134 Å². The molecule has 0 bridgehead atoms.